The van der Waals surface area contributed by atoms with Crippen LogP contribution in [0.2, 0.25) is 5.02 Å². The van der Waals surface area contributed by atoms with E-state index in [9.17, 15) is 9.59 Å². The van der Waals surface area contributed by atoms with Gasteiger partial charge in [-0.05, 0) is 60.7 Å². The van der Waals surface area contributed by atoms with Crippen LogP contribution in [0.5, 0.6) is 0 Å². The molecule has 7 heteroatoms. The minimum Gasteiger partial charge on any atom is -0.481 e. The molecule has 35 heavy (non-hydrogen) atoms. The second-order valence-electron chi connectivity index (χ2n) is 8.63. The maximum atomic E-state index is 12.8. The molecule has 0 saturated carbocycles. The molecule has 4 rings (SSSR count). The quantitative estimate of drug-likeness (QED) is 0.297. The number of halogens is 1. The maximum Gasteiger partial charge on any atom is 0.303 e. The molecule has 3 N–H and O–H groups in total. The summed E-state index contributed by atoms with van der Waals surface area (Å²) in [5.41, 5.74) is 5.20. The molecule has 0 aromatic heterocycles. The standard InChI is InChI=1S/C28H28ClN3O3/c29-22-13-10-20(11-14-22)25-17-23(8-4-5-9-27(33)34)31-26-16-21(12-15-24(26)32-25)28(35)30-18-19-6-2-1-3-7-19/h1-3,6-7,10-16,25,32H,4-5,8-9,17-18H2,(H,30,35)(H,33,34). The molecule has 3 aromatic rings. The monoisotopic (exact) mass is 489 g/mol. The van der Waals surface area contributed by atoms with Gasteiger partial charge in [0, 0.05) is 35.7 Å². The first kappa shape index (κ1) is 24.5. The Bertz CT molecular complexity index is 1210. The zero-order valence-electron chi connectivity index (χ0n) is 19.3. The molecular weight excluding hydrogens is 462 g/mol. The van der Waals surface area contributed by atoms with Crippen LogP contribution >= 0.6 is 11.6 Å². The lowest BCUT2D eigenvalue weighted by Crippen LogP contribution is -2.22. The Balaban J connectivity index is 1.55. The molecule has 0 radical (unpaired) electrons. The molecule has 1 heterocycles. The number of carbonyl (C=O) groups is 2. The summed E-state index contributed by atoms with van der Waals surface area (Å²) in [5, 5.41) is 16.2. The summed E-state index contributed by atoms with van der Waals surface area (Å²) in [4.78, 5) is 28.6. The van der Waals surface area contributed by atoms with Gasteiger partial charge in [0.1, 0.15) is 0 Å². The van der Waals surface area contributed by atoms with Gasteiger partial charge >= 0.3 is 5.97 Å². The lowest BCUT2D eigenvalue weighted by atomic mass is 9.98. The predicted octanol–water partition coefficient (Wildman–Crippen LogP) is 6.54. The summed E-state index contributed by atoms with van der Waals surface area (Å²) in [5.74, 6) is -0.946. The number of hydrogen-bond acceptors (Lipinski definition) is 4. The number of amides is 1. The highest BCUT2D eigenvalue weighted by atomic mass is 35.5. The number of fused-ring (bicyclic) bond motifs is 1. The van der Waals surface area contributed by atoms with Gasteiger partial charge in [0.25, 0.3) is 5.91 Å². The van der Waals surface area contributed by atoms with Crippen molar-refractivity contribution >= 4 is 40.6 Å². The van der Waals surface area contributed by atoms with E-state index in [0.29, 0.717) is 42.1 Å². The van der Waals surface area contributed by atoms with Gasteiger partial charge in [-0.2, -0.15) is 0 Å². The number of anilines is 1. The number of nitrogens with zero attached hydrogens (tertiary/aromatic N) is 1. The Hall–Kier alpha value is -3.64. The summed E-state index contributed by atoms with van der Waals surface area (Å²) in [6.07, 6.45) is 2.86. The lowest BCUT2D eigenvalue weighted by Gasteiger charge is -2.19. The van der Waals surface area contributed by atoms with Gasteiger partial charge in [-0.15, -0.1) is 0 Å². The molecule has 0 saturated heterocycles. The Morgan fingerprint density at radius 2 is 1.80 bits per heavy atom. The lowest BCUT2D eigenvalue weighted by molar-refractivity contribution is -0.137. The van der Waals surface area contributed by atoms with Gasteiger partial charge in [-0.3, -0.25) is 14.6 Å². The first-order chi connectivity index (χ1) is 17.0. The van der Waals surface area contributed by atoms with Crippen molar-refractivity contribution in [1.82, 2.24) is 5.32 Å². The van der Waals surface area contributed by atoms with Crippen LogP contribution in [0, 0.1) is 0 Å². The molecule has 1 aliphatic rings. The molecule has 3 aromatic carbocycles. The molecule has 1 aliphatic heterocycles. The first-order valence-corrected chi connectivity index (χ1v) is 12.1. The third-order valence-electron chi connectivity index (χ3n) is 5.98. The van der Waals surface area contributed by atoms with Crippen molar-refractivity contribution in [2.24, 2.45) is 4.99 Å². The van der Waals surface area contributed by atoms with E-state index in [-0.39, 0.29) is 18.4 Å². The number of hydrogen-bond donors (Lipinski definition) is 3. The zero-order valence-corrected chi connectivity index (χ0v) is 20.1. The summed E-state index contributed by atoms with van der Waals surface area (Å²) in [7, 11) is 0. The normalized spacial score (nSPS) is 14.8. The van der Waals surface area contributed by atoms with E-state index in [1.165, 1.54) is 0 Å². The SMILES string of the molecule is O=C(O)CCCCC1=Nc2cc(C(=O)NCc3ccccc3)ccc2NC(c2ccc(Cl)cc2)C1. The van der Waals surface area contributed by atoms with Gasteiger partial charge in [-0.1, -0.05) is 54.1 Å². The van der Waals surface area contributed by atoms with Crippen molar-refractivity contribution in [3.8, 4) is 0 Å². The zero-order chi connectivity index (χ0) is 24.6. The van der Waals surface area contributed by atoms with Crippen LogP contribution in [0.25, 0.3) is 0 Å². The van der Waals surface area contributed by atoms with Crippen LogP contribution in [0.15, 0.2) is 77.8 Å². The maximum absolute atomic E-state index is 12.8. The first-order valence-electron chi connectivity index (χ1n) is 11.7. The number of carbonyl (C=O) groups excluding carboxylic acids is 1. The van der Waals surface area contributed by atoms with Crippen LogP contribution in [-0.2, 0) is 11.3 Å². The third-order valence-corrected chi connectivity index (χ3v) is 6.23. The van der Waals surface area contributed by atoms with E-state index in [4.69, 9.17) is 21.7 Å². The van der Waals surface area contributed by atoms with Gasteiger partial charge in [0.05, 0.1) is 17.4 Å². The average Bonchev–Trinajstić information content (AvgIpc) is 3.05. The van der Waals surface area contributed by atoms with Crippen LogP contribution < -0.4 is 10.6 Å². The highest BCUT2D eigenvalue weighted by molar-refractivity contribution is 6.30. The summed E-state index contributed by atoms with van der Waals surface area (Å²) in [6.45, 7) is 0.450. The highest BCUT2D eigenvalue weighted by Gasteiger charge is 2.21. The smallest absolute Gasteiger partial charge is 0.303 e. The fraction of sp³-hybridized carbons (Fsp3) is 0.250. The third kappa shape index (κ3) is 6.93. The Morgan fingerprint density at radius 1 is 1.03 bits per heavy atom. The van der Waals surface area contributed by atoms with E-state index in [0.717, 1.165) is 28.9 Å². The highest BCUT2D eigenvalue weighted by Crippen LogP contribution is 2.36. The Kier molecular flexibility index (Phi) is 8.16. The Labute approximate surface area is 210 Å². The van der Waals surface area contributed by atoms with E-state index < -0.39 is 5.97 Å². The van der Waals surface area contributed by atoms with Crippen molar-refractivity contribution < 1.29 is 14.7 Å². The van der Waals surface area contributed by atoms with Crippen molar-refractivity contribution in [2.75, 3.05) is 5.32 Å². The average molecular weight is 490 g/mol. The second-order valence-corrected chi connectivity index (χ2v) is 9.07. The van der Waals surface area contributed by atoms with Gasteiger partial charge in [-0.25, -0.2) is 0 Å². The van der Waals surface area contributed by atoms with E-state index in [1.54, 1.807) is 6.07 Å². The number of benzene rings is 3. The molecule has 0 spiro atoms. The molecule has 6 nitrogen and oxygen atoms in total. The van der Waals surface area contributed by atoms with Crippen molar-refractivity contribution in [2.45, 2.75) is 44.7 Å². The summed E-state index contributed by atoms with van der Waals surface area (Å²) >= 11 is 6.08. The molecular formula is C28H28ClN3O3. The van der Waals surface area contributed by atoms with Crippen molar-refractivity contribution in [3.05, 3.63) is 94.5 Å². The number of aliphatic imine (C=N–C) groups is 1. The molecule has 0 bridgehead atoms. The fourth-order valence-electron chi connectivity index (χ4n) is 4.12. The van der Waals surface area contributed by atoms with E-state index >= 15 is 0 Å². The number of aliphatic carboxylic acids is 1. The minimum atomic E-state index is -0.787. The molecule has 0 aliphatic carbocycles. The number of nitrogens with one attached hydrogen (secondary N) is 2. The molecule has 180 valence electrons. The summed E-state index contributed by atoms with van der Waals surface area (Å²) in [6, 6.07) is 23.0. The van der Waals surface area contributed by atoms with Crippen LogP contribution in [-0.4, -0.2) is 22.7 Å². The number of carboxylic acids is 1. The predicted molar refractivity (Wildman–Crippen MR) is 140 cm³/mol. The second kappa shape index (κ2) is 11.7. The van der Waals surface area contributed by atoms with Gasteiger partial charge in [0.15, 0.2) is 0 Å². The van der Waals surface area contributed by atoms with Gasteiger partial charge < -0.3 is 15.7 Å². The fourth-order valence-corrected chi connectivity index (χ4v) is 4.24. The van der Waals surface area contributed by atoms with Crippen molar-refractivity contribution in [1.29, 1.82) is 0 Å². The van der Waals surface area contributed by atoms with Crippen LogP contribution in [0.4, 0.5) is 11.4 Å². The molecule has 1 unspecified atom stereocenters. The number of carboxylic acid groups (broad SMARTS) is 1. The van der Waals surface area contributed by atoms with E-state index in [1.807, 2.05) is 66.7 Å². The molecule has 1 atom stereocenters. The topological polar surface area (TPSA) is 90.8 Å². The Morgan fingerprint density at radius 3 is 2.54 bits per heavy atom. The largest absolute Gasteiger partial charge is 0.481 e. The number of rotatable bonds is 9. The molecule has 1 amide bonds. The molecule has 0 fully saturated rings. The number of unbranched alkanes of at least 4 members (excludes halogenated alkanes) is 1. The van der Waals surface area contributed by atoms with Gasteiger partial charge in [0.2, 0.25) is 0 Å². The van der Waals surface area contributed by atoms with E-state index in [2.05, 4.69) is 10.6 Å². The summed E-state index contributed by atoms with van der Waals surface area (Å²) < 4.78 is 0. The van der Waals surface area contributed by atoms with Crippen LogP contribution in [0.1, 0.15) is 59.6 Å². The van der Waals surface area contributed by atoms with Crippen LogP contribution in [0.3, 0.4) is 0 Å². The van der Waals surface area contributed by atoms with Crippen molar-refractivity contribution in [3.63, 3.8) is 0 Å². The minimum absolute atomic E-state index is 0.00972.